The van der Waals surface area contributed by atoms with E-state index >= 15 is 0 Å². The van der Waals surface area contributed by atoms with Gasteiger partial charge in [0.1, 0.15) is 0 Å². The van der Waals surface area contributed by atoms with Crippen LogP contribution >= 0.6 is 22.6 Å². The van der Waals surface area contributed by atoms with Gasteiger partial charge >= 0.3 is 5.97 Å². The molecule has 0 aromatic heterocycles. The van der Waals surface area contributed by atoms with Crippen LogP contribution in [0.5, 0.6) is 0 Å². The lowest BCUT2D eigenvalue weighted by atomic mass is 10.1. The molecule has 1 aromatic carbocycles. The molecule has 0 aliphatic carbocycles. The summed E-state index contributed by atoms with van der Waals surface area (Å²) in [7, 11) is 0. The number of rotatable bonds is 2. The molecule has 0 bridgehead atoms. The molecule has 0 amide bonds. The van der Waals surface area contributed by atoms with Crippen LogP contribution in [-0.4, -0.2) is 12.6 Å². The van der Waals surface area contributed by atoms with Gasteiger partial charge in [0.05, 0.1) is 12.2 Å². The molecule has 13 heavy (non-hydrogen) atoms. The van der Waals surface area contributed by atoms with Crippen molar-refractivity contribution in [2.75, 3.05) is 6.61 Å². The molecule has 0 N–H and O–H groups in total. The molecule has 2 nitrogen and oxygen atoms in total. The van der Waals surface area contributed by atoms with Gasteiger partial charge in [0, 0.05) is 3.57 Å². The Hall–Kier alpha value is -0.580. The highest BCUT2D eigenvalue weighted by molar-refractivity contribution is 14.1. The summed E-state index contributed by atoms with van der Waals surface area (Å²) in [5.74, 6) is -0.250. The smallest absolute Gasteiger partial charge is 0.338 e. The van der Waals surface area contributed by atoms with Gasteiger partial charge in [0.15, 0.2) is 0 Å². The van der Waals surface area contributed by atoms with Crippen molar-refractivity contribution >= 4 is 28.6 Å². The fraction of sp³-hybridized carbons (Fsp3) is 0.300. The highest BCUT2D eigenvalue weighted by Gasteiger charge is 2.06. The van der Waals surface area contributed by atoms with Gasteiger partial charge in [-0.15, -0.1) is 0 Å². The Morgan fingerprint density at radius 1 is 1.54 bits per heavy atom. The Morgan fingerprint density at radius 2 is 2.23 bits per heavy atom. The van der Waals surface area contributed by atoms with Crippen molar-refractivity contribution in [3.63, 3.8) is 0 Å². The van der Waals surface area contributed by atoms with Gasteiger partial charge < -0.3 is 4.74 Å². The molecule has 0 saturated heterocycles. The number of hydrogen-bond acceptors (Lipinski definition) is 2. The number of carbonyl (C=O) groups is 1. The number of ether oxygens (including phenoxy) is 1. The molecule has 1 aromatic rings. The minimum atomic E-state index is -0.250. The molecular formula is C10H11IO2. The summed E-state index contributed by atoms with van der Waals surface area (Å²) in [6.07, 6.45) is 0. The monoisotopic (exact) mass is 290 g/mol. The van der Waals surface area contributed by atoms with Crippen molar-refractivity contribution < 1.29 is 9.53 Å². The third-order valence-electron chi connectivity index (χ3n) is 1.68. The zero-order chi connectivity index (χ0) is 9.84. The van der Waals surface area contributed by atoms with E-state index in [-0.39, 0.29) is 5.97 Å². The molecule has 0 radical (unpaired) electrons. The van der Waals surface area contributed by atoms with Gasteiger partial charge in [-0.25, -0.2) is 4.79 Å². The van der Waals surface area contributed by atoms with Crippen LogP contribution < -0.4 is 0 Å². The van der Waals surface area contributed by atoms with E-state index in [1.807, 2.05) is 19.1 Å². The average Bonchev–Trinajstić information content (AvgIpc) is 2.10. The second kappa shape index (κ2) is 4.60. The van der Waals surface area contributed by atoms with Crippen molar-refractivity contribution in [2.24, 2.45) is 0 Å². The first kappa shape index (κ1) is 10.5. The average molecular weight is 290 g/mol. The van der Waals surface area contributed by atoms with Crippen LogP contribution in [0.4, 0.5) is 0 Å². The van der Waals surface area contributed by atoms with Crippen LogP contribution in [0.2, 0.25) is 0 Å². The number of benzene rings is 1. The molecular weight excluding hydrogens is 279 g/mol. The number of esters is 1. The van der Waals surface area contributed by atoms with Gasteiger partial charge in [0.25, 0.3) is 0 Å². The van der Waals surface area contributed by atoms with Crippen LogP contribution in [0.15, 0.2) is 18.2 Å². The maximum Gasteiger partial charge on any atom is 0.338 e. The number of aryl methyl sites for hydroxylation is 1. The van der Waals surface area contributed by atoms with E-state index in [9.17, 15) is 4.79 Å². The normalized spacial score (nSPS) is 9.77. The zero-order valence-corrected chi connectivity index (χ0v) is 9.79. The number of halogens is 1. The minimum Gasteiger partial charge on any atom is -0.462 e. The van der Waals surface area contributed by atoms with Gasteiger partial charge in [0.2, 0.25) is 0 Å². The fourth-order valence-corrected chi connectivity index (χ4v) is 1.45. The fourth-order valence-electron chi connectivity index (χ4n) is 0.934. The topological polar surface area (TPSA) is 26.3 Å². The Balaban J connectivity index is 2.90. The molecule has 0 aliphatic heterocycles. The van der Waals surface area contributed by atoms with E-state index in [4.69, 9.17) is 4.74 Å². The predicted octanol–water partition coefficient (Wildman–Crippen LogP) is 2.78. The molecule has 0 aliphatic rings. The van der Waals surface area contributed by atoms with Gasteiger partial charge in [-0.2, -0.15) is 0 Å². The van der Waals surface area contributed by atoms with E-state index in [0.29, 0.717) is 12.2 Å². The molecule has 70 valence electrons. The highest BCUT2D eigenvalue weighted by atomic mass is 127. The molecule has 0 heterocycles. The molecule has 0 saturated carbocycles. The van der Waals surface area contributed by atoms with E-state index in [0.717, 1.165) is 3.57 Å². The Kier molecular flexibility index (Phi) is 3.71. The Morgan fingerprint density at radius 3 is 2.77 bits per heavy atom. The van der Waals surface area contributed by atoms with Gasteiger partial charge in [-0.1, -0.05) is 6.07 Å². The van der Waals surface area contributed by atoms with Gasteiger partial charge in [-0.3, -0.25) is 0 Å². The number of hydrogen-bond donors (Lipinski definition) is 0. The molecule has 0 fully saturated rings. The largest absolute Gasteiger partial charge is 0.462 e. The summed E-state index contributed by atoms with van der Waals surface area (Å²) >= 11 is 2.20. The molecule has 1 rings (SSSR count). The van der Waals surface area contributed by atoms with E-state index in [2.05, 4.69) is 22.6 Å². The van der Waals surface area contributed by atoms with E-state index in [1.54, 1.807) is 13.0 Å². The van der Waals surface area contributed by atoms with E-state index in [1.165, 1.54) is 5.56 Å². The predicted molar refractivity (Wildman–Crippen MR) is 59.9 cm³/mol. The maximum atomic E-state index is 11.3. The lowest BCUT2D eigenvalue weighted by molar-refractivity contribution is 0.0526. The van der Waals surface area contributed by atoms with Crippen LogP contribution in [0.3, 0.4) is 0 Å². The minimum absolute atomic E-state index is 0.250. The summed E-state index contributed by atoms with van der Waals surface area (Å²) in [6.45, 7) is 4.23. The van der Waals surface area contributed by atoms with Crippen LogP contribution in [0, 0.1) is 10.5 Å². The van der Waals surface area contributed by atoms with Crippen molar-refractivity contribution in [3.8, 4) is 0 Å². The van der Waals surface area contributed by atoms with Crippen molar-refractivity contribution in [3.05, 3.63) is 32.9 Å². The van der Waals surface area contributed by atoms with Crippen LogP contribution in [0.25, 0.3) is 0 Å². The van der Waals surface area contributed by atoms with Crippen LogP contribution in [0.1, 0.15) is 22.8 Å². The molecule has 0 atom stereocenters. The van der Waals surface area contributed by atoms with Gasteiger partial charge in [-0.05, 0) is 54.1 Å². The highest BCUT2D eigenvalue weighted by Crippen LogP contribution is 2.14. The summed E-state index contributed by atoms with van der Waals surface area (Å²) in [5, 5.41) is 0. The maximum absolute atomic E-state index is 11.3. The quantitative estimate of drug-likeness (QED) is 0.618. The third-order valence-corrected chi connectivity index (χ3v) is 2.85. The summed E-state index contributed by atoms with van der Waals surface area (Å²) in [6, 6.07) is 5.55. The van der Waals surface area contributed by atoms with E-state index < -0.39 is 0 Å². The molecule has 3 heteroatoms. The lowest BCUT2D eigenvalue weighted by Gasteiger charge is -2.03. The van der Waals surface area contributed by atoms with Crippen molar-refractivity contribution in [1.82, 2.24) is 0 Å². The first-order chi connectivity index (χ1) is 6.15. The Labute approximate surface area is 91.4 Å². The summed E-state index contributed by atoms with van der Waals surface area (Å²) < 4.78 is 5.97. The zero-order valence-electron chi connectivity index (χ0n) is 7.63. The molecule has 0 spiro atoms. The first-order valence-electron chi connectivity index (χ1n) is 4.08. The second-order valence-electron chi connectivity index (χ2n) is 2.68. The SMILES string of the molecule is CCOC(=O)c1ccc(C)c(I)c1. The second-order valence-corrected chi connectivity index (χ2v) is 3.85. The number of carbonyl (C=O) groups excluding carboxylic acids is 1. The third kappa shape index (κ3) is 2.69. The first-order valence-corrected chi connectivity index (χ1v) is 5.16. The standard InChI is InChI=1S/C10H11IO2/c1-3-13-10(12)8-5-4-7(2)9(11)6-8/h4-6H,3H2,1-2H3. The van der Waals surface area contributed by atoms with Crippen LogP contribution in [-0.2, 0) is 4.74 Å². The summed E-state index contributed by atoms with van der Waals surface area (Å²) in [5.41, 5.74) is 1.80. The summed E-state index contributed by atoms with van der Waals surface area (Å²) in [4.78, 5) is 11.3. The Bertz CT molecular complexity index is 321. The lowest BCUT2D eigenvalue weighted by Crippen LogP contribution is -2.04. The van der Waals surface area contributed by atoms with Crippen molar-refractivity contribution in [1.29, 1.82) is 0 Å². The van der Waals surface area contributed by atoms with Crippen molar-refractivity contribution in [2.45, 2.75) is 13.8 Å². The molecule has 0 unspecified atom stereocenters.